The highest BCUT2D eigenvalue weighted by Gasteiger charge is 2.32. The van der Waals surface area contributed by atoms with E-state index in [4.69, 9.17) is 28.0 Å². The number of hydrogen-bond acceptors (Lipinski definition) is 7. The van der Waals surface area contributed by atoms with Gasteiger partial charge in [-0.1, -0.05) is 0 Å². The van der Waals surface area contributed by atoms with Crippen LogP contribution in [-0.2, 0) is 9.59 Å². The molecule has 0 saturated heterocycles. The second-order valence-electron chi connectivity index (χ2n) is 4.72. The SMILES string of the molecule is Cl.NC(N)=NCCC[C@@](N)(C=O)C(=O)O.Nc1ccc([N+](=O)[O-])cc1. The number of halogens is 1. The number of benzene rings is 1. The number of anilines is 1. The Balaban J connectivity index is 0. The first-order valence-corrected chi connectivity index (χ1v) is 6.66. The van der Waals surface area contributed by atoms with Crippen molar-refractivity contribution >= 4 is 42.0 Å². The molecule has 0 aliphatic rings. The fourth-order valence-electron chi connectivity index (χ4n) is 1.39. The van der Waals surface area contributed by atoms with Gasteiger partial charge < -0.3 is 32.8 Å². The Labute approximate surface area is 149 Å². The first-order chi connectivity index (χ1) is 11.1. The number of guanidine groups is 1. The third-order valence-corrected chi connectivity index (χ3v) is 2.76. The minimum atomic E-state index is -1.83. The molecule has 0 saturated carbocycles. The normalized spacial score (nSPS) is 11.6. The number of carboxylic acids is 1. The summed E-state index contributed by atoms with van der Waals surface area (Å²) < 4.78 is 0. The number of aliphatic carboxylic acids is 1. The molecule has 0 unspecified atom stereocenters. The summed E-state index contributed by atoms with van der Waals surface area (Å²) in [6, 6.07) is 5.74. The van der Waals surface area contributed by atoms with Gasteiger partial charge in [-0.05, 0) is 25.0 Å². The first-order valence-electron chi connectivity index (χ1n) is 6.66. The molecule has 0 aromatic heterocycles. The van der Waals surface area contributed by atoms with Crippen molar-refractivity contribution in [3.63, 3.8) is 0 Å². The third-order valence-electron chi connectivity index (χ3n) is 2.76. The number of hydrogen-bond donors (Lipinski definition) is 5. The van der Waals surface area contributed by atoms with E-state index in [1.165, 1.54) is 24.3 Å². The van der Waals surface area contributed by atoms with Gasteiger partial charge in [-0.15, -0.1) is 12.4 Å². The molecule has 0 amide bonds. The van der Waals surface area contributed by atoms with E-state index < -0.39 is 16.4 Å². The maximum absolute atomic E-state index is 10.5. The van der Waals surface area contributed by atoms with Gasteiger partial charge in [0.2, 0.25) is 0 Å². The molecule has 0 aliphatic carbocycles. The van der Waals surface area contributed by atoms with Crippen LogP contribution < -0.4 is 22.9 Å². The molecule has 1 aromatic carbocycles. The first kappa shape index (κ1) is 24.3. The van der Waals surface area contributed by atoms with Crippen molar-refractivity contribution in [1.29, 1.82) is 0 Å². The zero-order valence-corrected chi connectivity index (χ0v) is 14.0. The number of aliphatic imine (C=N–C) groups is 1. The summed E-state index contributed by atoms with van der Waals surface area (Å²) in [5.74, 6) is -1.42. The molecule has 0 bridgehead atoms. The molecule has 0 heterocycles. The minimum absolute atomic E-state index is 0. The zero-order valence-electron chi connectivity index (χ0n) is 13.2. The smallest absolute Gasteiger partial charge is 0.331 e. The quantitative estimate of drug-likeness (QED) is 0.0611. The number of rotatable bonds is 7. The Morgan fingerprint density at radius 1 is 1.32 bits per heavy atom. The second-order valence-corrected chi connectivity index (χ2v) is 4.72. The Hall–Kier alpha value is -2.92. The molecular weight excluding hydrogens is 356 g/mol. The van der Waals surface area contributed by atoms with Gasteiger partial charge in [0.1, 0.15) is 0 Å². The number of nitrogen functional groups attached to an aromatic ring is 1. The van der Waals surface area contributed by atoms with Crippen molar-refractivity contribution < 1.29 is 19.6 Å². The predicted molar refractivity (Wildman–Crippen MR) is 95.3 cm³/mol. The zero-order chi connectivity index (χ0) is 18.8. The van der Waals surface area contributed by atoms with Crippen molar-refractivity contribution in [3.8, 4) is 0 Å². The van der Waals surface area contributed by atoms with E-state index >= 15 is 0 Å². The molecule has 11 nitrogen and oxygen atoms in total. The number of non-ortho nitro benzene ring substituents is 1. The van der Waals surface area contributed by atoms with Crippen LogP contribution in [0, 0.1) is 10.1 Å². The van der Waals surface area contributed by atoms with Gasteiger partial charge in [-0.25, -0.2) is 4.79 Å². The third kappa shape index (κ3) is 9.73. The Morgan fingerprint density at radius 3 is 2.20 bits per heavy atom. The summed E-state index contributed by atoms with van der Waals surface area (Å²) in [4.78, 5) is 34.2. The summed E-state index contributed by atoms with van der Waals surface area (Å²) >= 11 is 0. The van der Waals surface area contributed by atoms with Crippen molar-refractivity contribution in [1.82, 2.24) is 0 Å². The lowest BCUT2D eigenvalue weighted by molar-refractivity contribution is -0.384. The summed E-state index contributed by atoms with van der Waals surface area (Å²) in [5.41, 5.74) is 19.4. The van der Waals surface area contributed by atoms with Gasteiger partial charge in [0.25, 0.3) is 5.69 Å². The number of carbonyl (C=O) groups excluding carboxylic acids is 1. The van der Waals surface area contributed by atoms with Gasteiger partial charge >= 0.3 is 5.97 Å². The monoisotopic (exact) mass is 376 g/mol. The van der Waals surface area contributed by atoms with Crippen molar-refractivity contribution in [2.75, 3.05) is 12.3 Å². The van der Waals surface area contributed by atoms with Crippen LogP contribution in [0.1, 0.15) is 12.8 Å². The molecule has 1 rings (SSSR count). The standard InChI is InChI=1S/C7H14N4O3.C6H6N2O2.ClH/c8-6(9)11-3-1-2-7(10,4-12)5(13)14;7-5-1-3-6(4-2-5)8(9)10;/h4H,1-3,10H2,(H,13,14)(H4,8,9,11);1-4H,7H2;1H/t7-;;/m1../s1. The summed E-state index contributed by atoms with van der Waals surface area (Å²) in [6.07, 6.45) is 0.549. The van der Waals surface area contributed by atoms with Crippen LogP contribution in [-0.4, -0.2) is 40.3 Å². The molecule has 12 heteroatoms. The largest absolute Gasteiger partial charge is 0.480 e. The number of carboxylic acid groups (broad SMARTS) is 1. The number of aldehydes is 1. The van der Waals surface area contributed by atoms with Gasteiger partial charge in [0.15, 0.2) is 17.8 Å². The summed E-state index contributed by atoms with van der Waals surface area (Å²) in [5, 5.41) is 18.7. The topological polar surface area (TPSA) is 214 Å². The van der Waals surface area contributed by atoms with Crippen LogP contribution in [0.25, 0.3) is 0 Å². The Morgan fingerprint density at radius 2 is 1.84 bits per heavy atom. The average Bonchev–Trinajstić information content (AvgIpc) is 2.52. The van der Waals surface area contributed by atoms with E-state index in [0.717, 1.165) is 0 Å². The molecule has 1 aromatic rings. The summed E-state index contributed by atoms with van der Waals surface area (Å²) in [7, 11) is 0. The predicted octanol–water partition coefficient (Wildman–Crippen LogP) is -0.380. The van der Waals surface area contributed by atoms with Crippen LogP contribution >= 0.6 is 12.4 Å². The second kappa shape index (κ2) is 11.6. The van der Waals surface area contributed by atoms with E-state index in [2.05, 4.69) is 4.99 Å². The number of nitrogens with zero attached hydrogens (tertiary/aromatic N) is 2. The van der Waals surface area contributed by atoms with Crippen molar-refractivity contribution in [3.05, 3.63) is 34.4 Å². The van der Waals surface area contributed by atoms with Gasteiger partial charge in [0.05, 0.1) is 4.92 Å². The fourth-order valence-corrected chi connectivity index (χ4v) is 1.39. The molecule has 1 atom stereocenters. The highest BCUT2D eigenvalue weighted by atomic mass is 35.5. The van der Waals surface area contributed by atoms with E-state index in [-0.39, 0.29) is 43.3 Å². The average molecular weight is 377 g/mol. The number of carbonyl (C=O) groups is 2. The lowest BCUT2D eigenvalue weighted by Gasteiger charge is -2.16. The van der Waals surface area contributed by atoms with Crippen LogP contribution in [0.4, 0.5) is 11.4 Å². The fraction of sp³-hybridized carbons (Fsp3) is 0.308. The number of nitrogens with two attached hydrogens (primary N) is 4. The van der Waals surface area contributed by atoms with Crippen LogP contribution in [0.5, 0.6) is 0 Å². The molecular formula is C13H21ClN6O5. The highest BCUT2D eigenvalue weighted by molar-refractivity contribution is 5.96. The molecule has 0 radical (unpaired) electrons. The van der Waals surface area contributed by atoms with Crippen LogP contribution in [0.2, 0.25) is 0 Å². The molecule has 0 aliphatic heterocycles. The van der Waals surface area contributed by atoms with Crippen molar-refractivity contribution in [2.24, 2.45) is 22.2 Å². The van der Waals surface area contributed by atoms with E-state index in [0.29, 0.717) is 12.1 Å². The van der Waals surface area contributed by atoms with Crippen LogP contribution in [0.15, 0.2) is 29.3 Å². The van der Waals surface area contributed by atoms with Gasteiger partial charge in [-0.3, -0.25) is 15.1 Å². The highest BCUT2D eigenvalue weighted by Crippen LogP contribution is 2.12. The summed E-state index contributed by atoms with van der Waals surface area (Å²) in [6.45, 7) is 0.252. The number of nitro groups is 1. The minimum Gasteiger partial charge on any atom is -0.480 e. The molecule has 0 fully saturated rings. The van der Waals surface area contributed by atoms with E-state index in [1.807, 2.05) is 0 Å². The molecule has 25 heavy (non-hydrogen) atoms. The van der Waals surface area contributed by atoms with E-state index in [1.54, 1.807) is 0 Å². The molecule has 9 N–H and O–H groups in total. The van der Waals surface area contributed by atoms with Crippen molar-refractivity contribution in [2.45, 2.75) is 18.4 Å². The number of nitro benzene ring substituents is 1. The Bertz CT molecular complexity index is 605. The van der Waals surface area contributed by atoms with Crippen LogP contribution in [0.3, 0.4) is 0 Å². The lowest BCUT2D eigenvalue weighted by Crippen LogP contribution is -2.49. The van der Waals surface area contributed by atoms with Gasteiger partial charge in [-0.2, -0.15) is 0 Å². The maximum Gasteiger partial charge on any atom is 0.331 e. The molecule has 140 valence electrons. The van der Waals surface area contributed by atoms with E-state index in [9.17, 15) is 19.7 Å². The Kier molecular flexibility index (Phi) is 11.3. The maximum atomic E-state index is 10.5. The van der Waals surface area contributed by atoms with Gasteiger partial charge in [0, 0.05) is 24.4 Å². The molecule has 0 spiro atoms. The lowest BCUT2D eigenvalue weighted by atomic mass is 9.97.